The summed E-state index contributed by atoms with van der Waals surface area (Å²) in [5, 5.41) is 4.69. The summed E-state index contributed by atoms with van der Waals surface area (Å²) >= 11 is 0. The first-order valence-electron chi connectivity index (χ1n) is 8.67. The molecule has 0 aliphatic rings. The maximum atomic E-state index is 13.2. The van der Waals surface area contributed by atoms with Crippen molar-refractivity contribution in [3.05, 3.63) is 72.6 Å². The number of nitrogens with zero attached hydrogens (tertiary/aromatic N) is 3. The van der Waals surface area contributed by atoms with Gasteiger partial charge in [-0.1, -0.05) is 6.07 Å². The summed E-state index contributed by atoms with van der Waals surface area (Å²) in [6.07, 6.45) is 3.50. The van der Waals surface area contributed by atoms with E-state index >= 15 is 0 Å². The third-order valence-electron chi connectivity index (χ3n) is 4.50. The predicted molar refractivity (Wildman–Crippen MR) is 113 cm³/mol. The quantitative estimate of drug-likeness (QED) is 0.524. The molecular formula is C21H20N4O2S. The number of aryl methyl sites for hydroxylation is 1. The molecule has 1 aromatic carbocycles. The van der Waals surface area contributed by atoms with Crippen LogP contribution in [-0.2, 0) is 9.71 Å². The summed E-state index contributed by atoms with van der Waals surface area (Å²) in [6.45, 7) is 2.01. The number of anilines is 1. The third kappa shape index (κ3) is 3.32. The molecule has 0 spiro atoms. The van der Waals surface area contributed by atoms with Crippen LogP contribution in [0.4, 0.5) is 5.82 Å². The monoisotopic (exact) mass is 392 g/mol. The lowest BCUT2D eigenvalue weighted by Gasteiger charge is -2.15. The molecule has 1 atom stereocenters. The molecule has 4 rings (SSSR count). The minimum Gasteiger partial charge on any atom is -0.497 e. The molecule has 0 amide bonds. The number of aromatic nitrogens is 3. The van der Waals surface area contributed by atoms with Gasteiger partial charge in [-0.3, -0.25) is 9.71 Å². The Morgan fingerprint density at radius 3 is 2.61 bits per heavy atom. The van der Waals surface area contributed by atoms with Crippen molar-refractivity contribution in [1.29, 1.82) is 0 Å². The number of hydrogen-bond acceptors (Lipinski definition) is 4. The highest BCUT2D eigenvalue weighted by Gasteiger charge is 2.14. The molecule has 3 aromatic heterocycles. The number of hydrogen-bond donors (Lipinski definition) is 1. The van der Waals surface area contributed by atoms with Gasteiger partial charge in [-0.05, 0) is 66.9 Å². The Morgan fingerprint density at radius 1 is 1.14 bits per heavy atom. The van der Waals surface area contributed by atoms with E-state index in [0.717, 1.165) is 22.3 Å². The highest BCUT2D eigenvalue weighted by Crippen LogP contribution is 2.25. The lowest BCUT2D eigenvalue weighted by atomic mass is 10.2. The summed E-state index contributed by atoms with van der Waals surface area (Å²) in [5.74, 6) is 5.21. The van der Waals surface area contributed by atoms with Gasteiger partial charge in [-0.2, -0.15) is 5.10 Å². The van der Waals surface area contributed by atoms with Crippen LogP contribution < -0.4 is 9.46 Å². The van der Waals surface area contributed by atoms with Crippen molar-refractivity contribution >= 4 is 26.9 Å². The van der Waals surface area contributed by atoms with E-state index in [1.165, 1.54) is 0 Å². The molecule has 142 valence electrons. The van der Waals surface area contributed by atoms with Crippen LogP contribution in [-0.4, -0.2) is 31.8 Å². The molecule has 28 heavy (non-hydrogen) atoms. The van der Waals surface area contributed by atoms with Crippen LogP contribution in [0, 0.1) is 6.92 Å². The van der Waals surface area contributed by atoms with E-state index in [1.807, 2.05) is 37.3 Å². The molecule has 6 nitrogen and oxygen atoms in total. The van der Waals surface area contributed by atoms with Crippen LogP contribution in [0.15, 0.2) is 71.9 Å². The Hall–Kier alpha value is -3.32. The van der Waals surface area contributed by atoms with Crippen molar-refractivity contribution in [2.24, 2.45) is 0 Å². The van der Waals surface area contributed by atoms with Gasteiger partial charge in [0.05, 0.1) is 28.0 Å². The summed E-state index contributed by atoms with van der Waals surface area (Å²) in [7, 11) is -1.18. The Balaban J connectivity index is 1.76. The zero-order valence-electron chi connectivity index (χ0n) is 15.6. The SMILES string of the molecule is C=S(=O)(Nc1ccc(C)c2cc(-c3cccnc3)nn12)c1ccc(OC)cc1. The lowest BCUT2D eigenvalue weighted by Crippen LogP contribution is -2.15. The van der Waals surface area contributed by atoms with E-state index in [9.17, 15) is 4.21 Å². The van der Waals surface area contributed by atoms with Crippen molar-refractivity contribution in [1.82, 2.24) is 14.6 Å². The fourth-order valence-corrected chi connectivity index (χ4v) is 4.15. The molecule has 0 saturated carbocycles. The normalized spacial score (nSPS) is 13.2. The summed E-state index contributed by atoms with van der Waals surface area (Å²) in [6, 6.07) is 16.7. The van der Waals surface area contributed by atoms with Gasteiger partial charge in [0.1, 0.15) is 11.6 Å². The Bertz CT molecular complexity index is 1230. The summed E-state index contributed by atoms with van der Waals surface area (Å²) < 4.78 is 23.2. The molecule has 3 heterocycles. The molecule has 0 bridgehead atoms. The second-order valence-corrected chi connectivity index (χ2v) is 8.45. The smallest absolute Gasteiger partial charge is 0.139 e. The number of rotatable bonds is 5. The number of ether oxygens (including phenoxy) is 1. The largest absolute Gasteiger partial charge is 0.497 e. The molecule has 0 saturated heterocycles. The molecule has 1 unspecified atom stereocenters. The fourth-order valence-electron chi connectivity index (χ4n) is 2.96. The second kappa shape index (κ2) is 7.01. The first-order valence-corrected chi connectivity index (χ1v) is 10.4. The van der Waals surface area contributed by atoms with E-state index in [1.54, 1.807) is 48.3 Å². The number of nitrogens with one attached hydrogen (secondary N) is 1. The van der Waals surface area contributed by atoms with Crippen LogP contribution in [0.2, 0.25) is 0 Å². The molecule has 0 aliphatic carbocycles. The van der Waals surface area contributed by atoms with Crippen molar-refractivity contribution < 1.29 is 8.95 Å². The predicted octanol–water partition coefficient (Wildman–Crippen LogP) is 3.82. The van der Waals surface area contributed by atoms with E-state index in [-0.39, 0.29) is 0 Å². The first-order chi connectivity index (χ1) is 13.5. The van der Waals surface area contributed by atoms with Gasteiger partial charge in [0.2, 0.25) is 0 Å². The van der Waals surface area contributed by atoms with Gasteiger partial charge in [-0.25, -0.2) is 8.72 Å². The van der Waals surface area contributed by atoms with Crippen LogP contribution in [0.25, 0.3) is 16.8 Å². The minimum absolute atomic E-state index is 0.585. The van der Waals surface area contributed by atoms with Gasteiger partial charge in [0.15, 0.2) is 0 Å². The van der Waals surface area contributed by atoms with Crippen LogP contribution >= 0.6 is 0 Å². The minimum atomic E-state index is -2.78. The summed E-state index contributed by atoms with van der Waals surface area (Å²) in [4.78, 5) is 4.74. The highest BCUT2D eigenvalue weighted by molar-refractivity contribution is 8.01. The van der Waals surface area contributed by atoms with Gasteiger partial charge < -0.3 is 4.74 Å². The van der Waals surface area contributed by atoms with E-state index in [4.69, 9.17) is 4.74 Å². The van der Waals surface area contributed by atoms with Crippen LogP contribution in [0.3, 0.4) is 0 Å². The van der Waals surface area contributed by atoms with Crippen LogP contribution in [0.1, 0.15) is 5.56 Å². The molecule has 0 aliphatic heterocycles. The Morgan fingerprint density at radius 2 is 1.93 bits per heavy atom. The Labute approximate surface area is 164 Å². The van der Waals surface area contributed by atoms with E-state index in [2.05, 4.69) is 20.7 Å². The molecule has 1 N–H and O–H groups in total. The van der Waals surface area contributed by atoms with Crippen LogP contribution in [0.5, 0.6) is 5.75 Å². The first kappa shape index (κ1) is 18.1. The molecular weight excluding hydrogens is 372 g/mol. The molecule has 4 aromatic rings. The molecule has 7 heteroatoms. The lowest BCUT2D eigenvalue weighted by molar-refractivity contribution is 0.414. The third-order valence-corrected chi connectivity index (χ3v) is 6.07. The summed E-state index contributed by atoms with van der Waals surface area (Å²) in [5.41, 5.74) is 3.70. The maximum Gasteiger partial charge on any atom is 0.139 e. The zero-order valence-corrected chi connectivity index (χ0v) is 16.4. The molecule has 0 radical (unpaired) electrons. The average molecular weight is 392 g/mol. The average Bonchev–Trinajstić information content (AvgIpc) is 3.17. The van der Waals surface area contributed by atoms with Gasteiger partial charge in [0, 0.05) is 22.9 Å². The second-order valence-electron chi connectivity index (χ2n) is 6.42. The van der Waals surface area contributed by atoms with Gasteiger partial charge >= 0.3 is 0 Å². The topological polar surface area (TPSA) is 68.5 Å². The number of pyridine rings is 2. The standard InChI is InChI=1S/C21H20N4O2S/c1-15-6-11-21(24-28(3,26)18-9-7-17(27-2)8-10-18)25-20(15)13-19(23-25)16-5-4-12-22-14-16/h4-14H,3H2,1-2H3,(H,24,26). The highest BCUT2D eigenvalue weighted by atomic mass is 32.2. The number of fused-ring (bicyclic) bond motifs is 1. The molecule has 0 fully saturated rings. The zero-order chi connectivity index (χ0) is 19.7. The van der Waals surface area contributed by atoms with Crippen molar-refractivity contribution in [2.45, 2.75) is 11.8 Å². The number of methoxy groups -OCH3 is 1. The number of benzene rings is 1. The van der Waals surface area contributed by atoms with E-state index < -0.39 is 9.71 Å². The fraction of sp³-hybridized carbons (Fsp3) is 0.0952. The van der Waals surface area contributed by atoms with Gasteiger partial charge in [0.25, 0.3) is 0 Å². The van der Waals surface area contributed by atoms with E-state index in [0.29, 0.717) is 16.5 Å². The van der Waals surface area contributed by atoms with Crippen molar-refractivity contribution in [2.75, 3.05) is 11.8 Å². The Kier molecular flexibility index (Phi) is 4.52. The van der Waals surface area contributed by atoms with Crippen molar-refractivity contribution in [3.8, 4) is 17.0 Å². The van der Waals surface area contributed by atoms with Crippen molar-refractivity contribution in [3.63, 3.8) is 0 Å². The van der Waals surface area contributed by atoms with Gasteiger partial charge in [-0.15, -0.1) is 0 Å². The maximum absolute atomic E-state index is 13.2.